The molecule has 3 unspecified atom stereocenters. The molecule has 8 nitrogen and oxygen atoms in total. The van der Waals surface area contributed by atoms with Gasteiger partial charge in [0.1, 0.15) is 23.4 Å². The number of carbonyl (C=O) groups excluding carboxylic acids is 3. The van der Waals surface area contributed by atoms with Gasteiger partial charge in [0, 0.05) is 12.6 Å². The van der Waals surface area contributed by atoms with Crippen LogP contribution in [0.2, 0.25) is 0 Å². The average Bonchev–Trinajstić information content (AvgIpc) is 2.66. The van der Waals surface area contributed by atoms with Gasteiger partial charge in [0.25, 0.3) is 0 Å². The van der Waals surface area contributed by atoms with Crippen LogP contribution in [0.15, 0.2) is 18.2 Å². The zero-order valence-electron chi connectivity index (χ0n) is 20.6. The van der Waals surface area contributed by atoms with Crippen molar-refractivity contribution in [3.05, 3.63) is 29.3 Å². The molecule has 1 aromatic carbocycles. The number of aromatic hydroxyl groups is 1. The van der Waals surface area contributed by atoms with E-state index in [1.165, 1.54) is 11.0 Å². The van der Waals surface area contributed by atoms with Crippen LogP contribution in [0.4, 0.5) is 4.79 Å². The molecule has 0 saturated carbocycles. The van der Waals surface area contributed by atoms with Gasteiger partial charge in [-0.05, 0) is 78.1 Å². The Kier molecular flexibility index (Phi) is 10.0. The first-order valence-electron chi connectivity index (χ1n) is 11.2. The predicted octanol–water partition coefficient (Wildman–Crippen LogP) is 3.81. The maximum atomic E-state index is 13.3. The number of carbonyl (C=O) groups is 3. The molecule has 0 aliphatic rings. The smallest absolute Gasteiger partial charge is 0.408 e. The standard InChI is InChI=1S/C24H39N3O5/c1-9-11-16(4)25-21(29)20(18-12-13-19(28)15(3)14-18)27(10-2)22(30)17(5)26-23(31)32-24(6,7)8/h12-14,16-17,20,28H,9-11H2,1-8H3,(H,25,29)(H,26,31). The Morgan fingerprint density at radius 2 is 1.75 bits per heavy atom. The largest absolute Gasteiger partial charge is 0.508 e. The minimum absolute atomic E-state index is 0.0562. The van der Waals surface area contributed by atoms with E-state index in [1.807, 2.05) is 13.8 Å². The van der Waals surface area contributed by atoms with Gasteiger partial charge < -0.3 is 25.4 Å². The molecule has 180 valence electrons. The van der Waals surface area contributed by atoms with Gasteiger partial charge in [-0.25, -0.2) is 4.79 Å². The topological polar surface area (TPSA) is 108 Å². The van der Waals surface area contributed by atoms with Crippen LogP contribution in [0.1, 0.15) is 78.5 Å². The van der Waals surface area contributed by atoms with Crippen molar-refractivity contribution in [3.63, 3.8) is 0 Å². The second-order valence-electron chi connectivity index (χ2n) is 9.14. The van der Waals surface area contributed by atoms with Crippen molar-refractivity contribution >= 4 is 17.9 Å². The van der Waals surface area contributed by atoms with Crippen LogP contribution in [0.5, 0.6) is 5.75 Å². The lowest BCUT2D eigenvalue weighted by molar-refractivity contribution is -0.142. The lowest BCUT2D eigenvalue weighted by Gasteiger charge is -2.33. The number of benzene rings is 1. The van der Waals surface area contributed by atoms with Gasteiger partial charge in [-0.1, -0.05) is 19.4 Å². The van der Waals surface area contributed by atoms with Gasteiger partial charge in [0.05, 0.1) is 0 Å². The lowest BCUT2D eigenvalue weighted by Crippen LogP contribution is -2.52. The molecule has 3 atom stereocenters. The number of aryl methyl sites for hydroxylation is 1. The summed E-state index contributed by atoms with van der Waals surface area (Å²) in [5.41, 5.74) is 0.491. The number of hydrogen-bond donors (Lipinski definition) is 3. The Morgan fingerprint density at radius 1 is 1.12 bits per heavy atom. The molecule has 0 radical (unpaired) electrons. The molecule has 3 N–H and O–H groups in total. The van der Waals surface area contributed by atoms with E-state index in [0.29, 0.717) is 11.1 Å². The van der Waals surface area contributed by atoms with Gasteiger partial charge >= 0.3 is 6.09 Å². The number of nitrogens with one attached hydrogen (secondary N) is 2. The first-order chi connectivity index (χ1) is 14.8. The van der Waals surface area contributed by atoms with Crippen molar-refractivity contribution in [1.29, 1.82) is 0 Å². The third kappa shape index (κ3) is 8.05. The molecule has 32 heavy (non-hydrogen) atoms. The average molecular weight is 450 g/mol. The molecule has 1 rings (SSSR count). The van der Waals surface area contributed by atoms with E-state index < -0.39 is 29.7 Å². The van der Waals surface area contributed by atoms with Gasteiger partial charge in [-0.15, -0.1) is 0 Å². The minimum atomic E-state index is -0.908. The van der Waals surface area contributed by atoms with E-state index in [9.17, 15) is 19.5 Å². The highest BCUT2D eigenvalue weighted by molar-refractivity contribution is 5.92. The van der Waals surface area contributed by atoms with Crippen molar-refractivity contribution in [1.82, 2.24) is 15.5 Å². The maximum Gasteiger partial charge on any atom is 0.408 e. The number of amides is 3. The highest BCUT2D eigenvalue weighted by Gasteiger charge is 2.34. The number of likely N-dealkylation sites (N-methyl/N-ethyl adjacent to an activating group) is 1. The number of ether oxygens (including phenoxy) is 1. The maximum absolute atomic E-state index is 13.3. The second kappa shape index (κ2) is 11.7. The highest BCUT2D eigenvalue weighted by atomic mass is 16.6. The fourth-order valence-electron chi connectivity index (χ4n) is 3.41. The van der Waals surface area contributed by atoms with E-state index in [0.717, 1.165) is 12.8 Å². The molecule has 3 amide bonds. The molecule has 0 fully saturated rings. The Hall–Kier alpha value is -2.77. The molecule has 0 spiro atoms. The Morgan fingerprint density at radius 3 is 2.25 bits per heavy atom. The van der Waals surface area contributed by atoms with Gasteiger partial charge in [-0.2, -0.15) is 0 Å². The summed E-state index contributed by atoms with van der Waals surface area (Å²) >= 11 is 0. The van der Waals surface area contributed by atoms with E-state index >= 15 is 0 Å². The van der Waals surface area contributed by atoms with Crippen molar-refractivity contribution < 1.29 is 24.2 Å². The zero-order valence-corrected chi connectivity index (χ0v) is 20.6. The summed E-state index contributed by atoms with van der Waals surface area (Å²) < 4.78 is 5.25. The van der Waals surface area contributed by atoms with Crippen molar-refractivity contribution in [3.8, 4) is 5.75 Å². The molecule has 0 heterocycles. The van der Waals surface area contributed by atoms with Crippen LogP contribution in [0.3, 0.4) is 0 Å². The molecule has 1 aromatic rings. The van der Waals surface area contributed by atoms with Crippen LogP contribution < -0.4 is 10.6 Å². The number of hydrogen-bond acceptors (Lipinski definition) is 5. The normalized spacial score (nSPS) is 14.1. The van der Waals surface area contributed by atoms with Crippen LogP contribution in [-0.2, 0) is 14.3 Å². The molecular weight excluding hydrogens is 410 g/mol. The molecule has 0 aromatic heterocycles. The quantitative estimate of drug-likeness (QED) is 0.531. The van der Waals surface area contributed by atoms with Crippen LogP contribution in [-0.4, -0.2) is 52.1 Å². The van der Waals surface area contributed by atoms with E-state index in [1.54, 1.807) is 53.7 Å². The highest BCUT2D eigenvalue weighted by Crippen LogP contribution is 2.27. The number of rotatable bonds is 9. The zero-order chi connectivity index (χ0) is 24.6. The van der Waals surface area contributed by atoms with Gasteiger partial charge in [0.2, 0.25) is 11.8 Å². The van der Waals surface area contributed by atoms with Crippen LogP contribution >= 0.6 is 0 Å². The van der Waals surface area contributed by atoms with Crippen molar-refractivity contribution in [2.75, 3.05) is 6.54 Å². The molecule has 0 aliphatic heterocycles. The molecule has 0 bridgehead atoms. The molecular formula is C24H39N3O5. The summed E-state index contributed by atoms with van der Waals surface area (Å²) in [6, 6.07) is 2.99. The first kappa shape index (κ1) is 27.3. The third-order valence-electron chi connectivity index (χ3n) is 4.93. The monoisotopic (exact) mass is 449 g/mol. The van der Waals surface area contributed by atoms with E-state index in [2.05, 4.69) is 10.6 Å². The van der Waals surface area contributed by atoms with Crippen molar-refractivity contribution in [2.45, 2.75) is 92.0 Å². The summed E-state index contributed by atoms with van der Waals surface area (Å²) in [4.78, 5) is 40.1. The third-order valence-corrected chi connectivity index (χ3v) is 4.93. The lowest BCUT2D eigenvalue weighted by atomic mass is 10.00. The number of alkyl carbamates (subject to hydrolysis) is 1. The minimum Gasteiger partial charge on any atom is -0.508 e. The van der Waals surface area contributed by atoms with Gasteiger partial charge in [0.15, 0.2) is 0 Å². The predicted molar refractivity (Wildman–Crippen MR) is 124 cm³/mol. The molecule has 0 aliphatic carbocycles. The second-order valence-corrected chi connectivity index (χ2v) is 9.14. The Labute approximate surface area is 191 Å². The summed E-state index contributed by atoms with van der Waals surface area (Å²) in [6.45, 7) is 14.5. The Bertz CT molecular complexity index is 803. The number of phenols is 1. The molecule has 8 heteroatoms. The van der Waals surface area contributed by atoms with Gasteiger partial charge in [-0.3, -0.25) is 9.59 Å². The first-order valence-corrected chi connectivity index (χ1v) is 11.2. The summed E-state index contributed by atoms with van der Waals surface area (Å²) in [5.74, 6) is -0.607. The SMILES string of the molecule is CCCC(C)NC(=O)C(c1ccc(O)c(C)c1)N(CC)C(=O)C(C)NC(=O)OC(C)(C)C. The number of phenolic OH excluding ortho intramolecular Hbond substituents is 1. The molecule has 0 saturated heterocycles. The van der Waals surface area contributed by atoms with E-state index in [-0.39, 0.29) is 24.2 Å². The Balaban J connectivity index is 3.23. The summed E-state index contributed by atoms with van der Waals surface area (Å²) in [5, 5.41) is 15.5. The van der Waals surface area contributed by atoms with Crippen molar-refractivity contribution in [2.24, 2.45) is 0 Å². The van der Waals surface area contributed by atoms with Crippen LogP contribution in [0, 0.1) is 6.92 Å². The fraction of sp³-hybridized carbons (Fsp3) is 0.625. The summed E-state index contributed by atoms with van der Waals surface area (Å²) in [6.07, 6.45) is 1.02. The van der Waals surface area contributed by atoms with Crippen LogP contribution in [0.25, 0.3) is 0 Å². The fourth-order valence-corrected chi connectivity index (χ4v) is 3.41. The number of nitrogens with zero attached hydrogens (tertiary/aromatic N) is 1. The van der Waals surface area contributed by atoms with E-state index in [4.69, 9.17) is 4.74 Å². The summed E-state index contributed by atoms with van der Waals surface area (Å²) in [7, 11) is 0.